The van der Waals surface area contributed by atoms with Gasteiger partial charge in [-0.2, -0.15) is 18.3 Å². The fourth-order valence-electron chi connectivity index (χ4n) is 4.30. The van der Waals surface area contributed by atoms with Gasteiger partial charge < -0.3 is 20.3 Å². The Labute approximate surface area is 235 Å². The van der Waals surface area contributed by atoms with Crippen LogP contribution in [0.15, 0.2) is 42.5 Å². The van der Waals surface area contributed by atoms with Crippen molar-refractivity contribution in [1.82, 2.24) is 20.5 Å². The van der Waals surface area contributed by atoms with E-state index in [0.717, 1.165) is 38.1 Å². The number of hydrogen-bond acceptors (Lipinski definition) is 7. The molecule has 0 fully saturated rings. The number of nitrogens with one attached hydrogen (secondary N) is 1. The van der Waals surface area contributed by atoms with E-state index in [9.17, 15) is 32.6 Å². The quantitative estimate of drug-likeness (QED) is 0.263. The van der Waals surface area contributed by atoms with Gasteiger partial charge in [0.1, 0.15) is 28.5 Å². The fraction of sp³-hybridized carbons (Fsp3) is 0.286. The molecule has 2 aromatic carbocycles. The fourth-order valence-corrected chi connectivity index (χ4v) is 4.30. The zero-order chi connectivity index (χ0) is 31.2. The van der Waals surface area contributed by atoms with Crippen molar-refractivity contribution in [3.8, 4) is 17.0 Å². The molecule has 4 aromatic rings. The summed E-state index contributed by atoms with van der Waals surface area (Å²) in [7, 11) is 1.28. The Morgan fingerprint density at radius 2 is 1.62 bits per heavy atom. The minimum Gasteiger partial charge on any atom is -0.494 e. The number of aryl methyl sites for hydroxylation is 1. The topological polar surface area (TPSA) is 117 Å². The normalized spacial score (nSPS) is 13.6. The van der Waals surface area contributed by atoms with E-state index in [1.807, 2.05) is 5.32 Å². The lowest BCUT2D eigenvalue weighted by atomic mass is 9.89. The van der Waals surface area contributed by atoms with E-state index < -0.39 is 64.2 Å². The average Bonchev–Trinajstić information content (AvgIpc) is 2.90. The third kappa shape index (κ3) is 5.59. The molecule has 0 unspecified atom stereocenters. The van der Waals surface area contributed by atoms with Crippen molar-refractivity contribution < 1.29 is 46.1 Å². The van der Waals surface area contributed by atoms with Gasteiger partial charge in [-0.25, -0.2) is 18.2 Å². The van der Waals surface area contributed by atoms with Crippen LogP contribution in [0.2, 0.25) is 0 Å². The van der Waals surface area contributed by atoms with Crippen LogP contribution in [-0.4, -0.2) is 51.1 Å². The van der Waals surface area contributed by atoms with Crippen LogP contribution in [0.5, 0.6) is 5.75 Å². The van der Waals surface area contributed by atoms with Crippen molar-refractivity contribution in [2.45, 2.75) is 38.1 Å². The number of ether oxygens (including phenoxy) is 1. The minimum absolute atomic E-state index is 0.0845. The van der Waals surface area contributed by atoms with E-state index in [0.29, 0.717) is 11.1 Å². The summed E-state index contributed by atoms with van der Waals surface area (Å²) in [5.74, 6) is -5.30. The summed E-state index contributed by atoms with van der Waals surface area (Å²) in [6.45, 7) is 1.80. The molecule has 2 heterocycles. The zero-order valence-electron chi connectivity index (χ0n) is 22.6. The number of aromatic nitrogens is 3. The van der Waals surface area contributed by atoms with Crippen molar-refractivity contribution in [1.29, 1.82) is 0 Å². The number of benzene rings is 2. The number of nitrogens with zero attached hydrogens (tertiary/aromatic N) is 3. The van der Waals surface area contributed by atoms with Gasteiger partial charge in [0.25, 0.3) is 5.91 Å². The van der Waals surface area contributed by atoms with Crippen LogP contribution in [0.4, 0.5) is 26.3 Å². The van der Waals surface area contributed by atoms with E-state index in [2.05, 4.69) is 15.2 Å². The van der Waals surface area contributed by atoms with Crippen molar-refractivity contribution in [2.24, 2.45) is 0 Å². The van der Waals surface area contributed by atoms with Crippen LogP contribution in [0.25, 0.3) is 22.2 Å². The van der Waals surface area contributed by atoms with Crippen LogP contribution in [0.1, 0.15) is 41.2 Å². The van der Waals surface area contributed by atoms with Crippen molar-refractivity contribution >= 4 is 16.8 Å². The monoisotopic (exact) mass is 594 g/mol. The third-order valence-corrected chi connectivity index (χ3v) is 6.43. The highest BCUT2D eigenvalue weighted by Crippen LogP contribution is 2.43. The van der Waals surface area contributed by atoms with Gasteiger partial charge in [0.15, 0.2) is 11.6 Å². The summed E-state index contributed by atoms with van der Waals surface area (Å²) in [6, 6.07) is 7.73. The first-order valence-electron chi connectivity index (χ1n) is 12.3. The van der Waals surface area contributed by atoms with E-state index in [-0.39, 0.29) is 22.4 Å². The number of rotatable bonds is 7. The molecule has 8 nitrogen and oxygen atoms in total. The molecule has 1 atom stereocenters. The second-order valence-electron chi connectivity index (χ2n) is 10.0. The number of carbonyl (C=O) groups excluding carboxylic acids is 1. The summed E-state index contributed by atoms with van der Waals surface area (Å²) in [4.78, 5) is 16.5. The van der Waals surface area contributed by atoms with Crippen molar-refractivity contribution in [3.63, 3.8) is 0 Å². The maximum atomic E-state index is 15.6. The summed E-state index contributed by atoms with van der Waals surface area (Å²) in [5, 5.41) is 31.6. The van der Waals surface area contributed by atoms with Crippen molar-refractivity contribution in [3.05, 3.63) is 82.4 Å². The number of halogens is 6. The average molecular weight is 595 g/mol. The number of methoxy groups -OCH3 is 1. The Morgan fingerprint density at radius 1 is 0.976 bits per heavy atom. The Bertz CT molecular complexity index is 1670. The molecule has 0 aliphatic rings. The van der Waals surface area contributed by atoms with Crippen LogP contribution in [0, 0.1) is 24.4 Å². The smallest absolute Gasteiger partial charge is 0.424 e. The number of carbonyl (C=O) groups is 1. The van der Waals surface area contributed by atoms with Gasteiger partial charge in [-0.3, -0.25) is 4.79 Å². The maximum absolute atomic E-state index is 15.6. The number of fused-ring (bicyclic) bond motifs is 1. The second kappa shape index (κ2) is 10.8. The standard InChI is InChI=1S/C28H24F6N4O4/c1-13-9-15-10-16(11-18(42-4)22(15)38-37-13)25(39)35-12-27(41,28(32,33)34)24-21(31)19(26(2,3)40)20(30)23(36-24)14-5-7-17(29)8-6-14/h5-11,40-41H,12H2,1-4H3,(H,35,39)/t27-/m0/s1. The highest BCUT2D eigenvalue weighted by atomic mass is 19.4. The molecule has 2 aromatic heterocycles. The van der Waals surface area contributed by atoms with Crippen LogP contribution in [-0.2, 0) is 11.2 Å². The minimum atomic E-state index is -5.67. The van der Waals surface area contributed by atoms with Crippen LogP contribution >= 0.6 is 0 Å². The first-order valence-corrected chi connectivity index (χ1v) is 12.3. The number of amides is 1. The zero-order valence-corrected chi connectivity index (χ0v) is 22.6. The third-order valence-electron chi connectivity index (χ3n) is 6.43. The molecule has 14 heteroatoms. The van der Waals surface area contributed by atoms with E-state index in [1.165, 1.54) is 19.2 Å². The lowest BCUT2D eigenvalue weighted by molar-refractivity contribution is -0.266. The number of alkyl halides is 3. The summed E-state index contributed by atoms with van der Waals surface area (Å²) < 4.78 is 93.1. The largest absolute Gasteiger partial charge is 0.494 e. The Kier molecular flexibility index (Phi) is 7.91. The van der Waals surface area contributed by atoms with Gasteiger partial charge in [0.2, 0.25) is 5.60 Å². The molecule has 0 bridgehead atoms. The van der Waals surface area contributed by atoms with E-state index in [1.54, 1.807) is 13.0 Å². The van der Waals surface area contributed by atoms with Gasteiger partial charge in [0, 0.05) is 16.5 Å². The molecule has 1 amide bonds. The highest BCUT2D eigenvalue weighted by molar-refractivity contribution is 5.99. The van der Waals surface area contributed by atoms with Crippen LogP contribution in [0.3, 0.4) is 0 Å². The first kappa shape index (κ1) is 30.7. The molecule has 222 valence electrons. The number of hydrogen-bond donors (Lipinski definition) is 3. The second-order valence-corrected chi connectivity index (χ2v) is 10.0. The van der Waals surface area contributed by atoms with Gasteiger partial charge in [-0.1, -0.05) is 0 Å². The first-order chi connectivity index (χ1) is 19.5. The molecule has 4 rings (SSSR count). The molecule has 3 N–H and O–H groups in total. The molecule has 0 saturated carbocycles. The van der Waals surface area contributed by atoms with Crippen molar-refractivity contribution in [2.75, 3.05) is 13.7 Å². The maximum Gasteiger partial charge on any atom is 0.424 e. The molecule has 0 aliphatic heterocycles. The summed E-state index contributed by atoms with van der Waals surface area (Å²) in [6.07, 6.45) is -5.67. The Balaban J connectivity index is 1.83. The molecule has 0 aliphatic carbocycles. The Hall–Kier alpha value is -4.30. The van der Waals surface area contributed by atoms with E-state index >= 15 is 8.78 Å². The Morgan fingerprint density at radius 3 is 2.19 bits per heavy atom. The molecule has 0 radical (unpaired) electrons. The van der Waals surface area contributed by atoms with E-state index in [4.69, 9.17) is 4.74 Å². The lowest BCUT2D eigenvalue weighted by Crippen LogP contribution is -2.52. The van der Waals surface area contributed by atoms with Gasteiger partial charge in [0.05, 0.1) is 30.5 Å². The predicted octanol–water partition coefficient (Wildman–Crippen LogP) is 4.83. The van der Waals surface area contributed by atoms with Crippen LogP contribution < -0.4 is 10.1 Å². The summed E-state index contributed by atoms with van der Waals surface area (Å²) >= 11 is 0. The SMILES string of the molecule is COc1cc(C(=O)NC[C@](O)(c2nc(-c3ccc(F)cc3)c(F)c(C(C)(C)O)c2F)C(F)(F)F)cc2cc(C)nnc12. The lowest BCUT2D eigenvalue weighted by Gasteiger charge is -2.32. The molecule has 0 spiro atoms. The number of pyridine rings is 1. The molecular weight excluding hydrogens is 570 g/mol. The number of aliphatic hydroxyl groups is 2. The van der Waals surface area contributed by atoms with Gasteiger partial charge in [-0.05, 0) is 63.2 Å². The predicted molar refractivity (Wildman–Crippen MR) is 138 cm³/mol. The molecular formula is C28H24F6N4O4. The highest BCUT2D eigenvalue weighted by Gasteiger charge is 2.58. The molecule has 0 saturated heterocycles. The summed E-state index contributed by atoms with van der Waals surface area (Å²) in [5.41, 5.74) is -10.1. The van der Waals surface area contributed by atoms with Gasteiger partial charge >= 0.3 is 6.18 Å². The molecule has 42 heavy (non-hydrogen) atoms. The van der Waals surface area contributed by atoms with Gasteiger partial charge in [-0.15, -0.1) is 5.10 Å².